The van der Waals surface area contributed by atoms with Gasteiger partial charge in [-0.15, -0.1) is 0 Å². The fraction of sp³-hybridized carbons (Fsp3) is 0.727. The van der Waals surface area contributed by atoms with Gasteiger partial charge in [-0.2, -0.15) is 0 Å². The molecule has 5 aliphatic rings. The number of amides is 2. The van der Waals surface area contributed by atoms with Gasteiger partial charge in [0.15, 0.2) is 0 Å². The topological polar surface area (TPSA) is 49.9 Å². The van der Waals surface area contributed by atoms with Crippen molar-refractivity contribution in [3.05, 3.63) is 24.8 Å². The molecule has 1 unspecified atom stereocenters. The maximum absolute atomic E-state index is 13.1. The van der Waals surface area contributed by atoms with Crippen LogP contribution in [0.25, 0.3) is 0 Å². The Bertz CT molecular complexity index is 606. The minimum atomic E-state index is -0.221. The quantitative estimate of drug-likeness (QED) is 0.697. The van der Waals surface area contributed by atoms with E-state index in [0.29, 0.717) is 19.7 Å². The number of carbonyl (C=O) groups excluding carboxylic acids is 2. The molecule has 1 atom stereocenters. The van der Waals surface area contributed by atoms with Crippen molar-refractivity contribution >= 4 is 11.8 Å². The first-order valence-electron chi connectivity index (χ1n) is 10.6. The van der Waals surface area contributed by atoms with E-state index in [-0.39, 0.29) is 23.5 Å². The first-order valence-corrected chi connectivity index (χ1v) is 10.6. The maximum atomic E-state index is 13.1. The number of morpholine rings is 1. The molecule has 2 amide bonds. The normalized spacial score (nSPS) is 37.6. The van der Waals surface area contributed by atoms with Gasteiger partial charge < -0.3 is 14.5 Å². The molecule has 0 radical (unpaired) electrons. The predicted molar refractivity (Wildman–Crippen MR) is 104 cm³/mol. The Morgan fingerprint density at radius 2 is 1.81 bits per heavy atom. The monoisotopic (exact) mass is 372 g/mol. The van der Waals surface area contributed by atoms with Gasteiger partial charge in [0.2, 0.25) is 11.8 Å². The lowest BCUT2D eigenvalue weighted by molar-refractivity contribution is -0.145. The van der Waals surface area contributed by atoms with Crippen LogP contribution in [0, 0.1) is 17.8 Å². The van der Waals surface area contributed by atoms with Gasteiger partial charge in [0.25, 0.3) is 0 Å². The van der Waals surface area contributed by atoms with Crippen molar-refractivity contribution in [2.24, 2.45) is 17.8 Å². The number of likely N-dealkylation sites (N-methyl/N-ethyl adjacent to an activating group) is 1. The predicted octanol–water partition coefficient (Wildman–Crippen LogP) is 2.77. The first-order chi connectivity index (χ1) is 13.0. The van der Waals surface area contributed by atoms with Crippen molar-refractivity contribution in [1.82, 2.24) is 9.80 Å². The average molecular weight is 373 g/mol. The molecule has 148 valence electrons. The molecule has 0 aromatic rings. The second-order valence-electron chi connectivity index (χ2n) is 8.98. The number of ether oxygens (including phenoxy) is 1. The molecule has 5 nitrogen and oxygen atoms in total. The Hall–Kier alpha value is -1.62. The highest BCUT2D eigenvalue weighted by atomic mass is 16.5. The number of hydrogen-bond acceptors (Lipinski definition) is 3. The summed E-state index contributed by atoms with van der Waals surface area (Å²) in [5.41, 5.74) is 0.0865. The molecular formula is C22H32N2O3. The Morgan fingerprint density at radius 1 is 1.19 bits per heavy atom. The second kappa shape index (κ2) is 7.42. The Morgan fingerprint density at radius 3 is 2.37 bits per heavy atom. The SMILES string of the molecule is C=CC(=O)N1CCOC(/C=C/C(=O)N(CC)C23CC4CC(CC(C4)C2)C3)C1. The zero-order chi connectivity index (χ0) is 19.0. The van der Waals surface area contributed by atoms with Crippen LogP contribution in [0.2, 0.25) is 0 Å². The summed E-state index contributed by atoms with van der Waals surface area (Å²) in [4.78, 5) is 28.8. The summed E-state index contributed by atoms with van der Waals surface area (Å²) in [5.74, 6) is 2.49. The van der Waals surface area contributed by atoms with E-state index in [9.17, 15) is 9.59 Å². The van der Waals surface area contributed by atoms with Crippen molar-refractivity contribution < 1.29 is 14.3 Å². The fourth-order valence-electron chi connectivity index (χ4n) is 6.52. The van der Waals surface area contributed by atoms with Crippen molar-refractivity contribution in [3.8, 4) is 0 Å². The summed E-state index contributed by atoms with van der Waals surface area (Å²) in [6.45, 7) is 7.98. The molecule has 1 aliphatic heterocycles. The van der Waals surface area contributed by atoms with Gasteiger partial charge >= 0.3 is 0 Å². The van der Waals surface area contributed by atoms with E-state index in [1.54, 1.807) is 11.0 Å². The molecule has 4 aliphatic carbocycles. The molecule has 0 aromatic heterocycles. The molecule has 0 spiro atoms. The smallest absolute Gasteiger partial charge is 0.246 e. The fourth-order valence-corrected chi connectivity index (χ4v) is 6.52. The van der Waals surface area contributed by atoms with E-state index in [2.05, 4.69) is 18.4 Å². The lowest BCUT2D eigenvalue weighted by Gasteiger charge is -2.60. The first kappa shape index (κ1) is 18.7. The van der Waals surface area contributed by atoms with Crippen molar-refractivity contribution in [3.63, 3.8) is 0 Å². The van der Waals surface area contributed by atoms with E-state index in [4.69, 9.17) is 4.74 Å². The standard InChI is InChI=1S/C22H32N2O3/c1-3-20(25)23-7-8-27-19(15-23)5-6-21(26)24(4-2)22-12-16-9-17(13-22)11-18(10-16)14-22/h3,5-6,16-19H,1,4,7-15H2,2H3/b6-5+. The van der Waals surface area contributed by atoms with Crippen LogP contribution < -0.4 is 0 Å². The van der Waals surface area contributed by atoms with Crippen molar-refractivity contribution in [1.29, 1.82) is 0 Å². The summed E-state index contributed by atoms with van der Waals surface area (Å²) in [6.07, 6.45) is 12.3. The Kier molecular flexibility index (Phi) is 5.15. The maximum Gasteiger partial charge on any atom is 0.246 e. The molecule has 1 heterocycles. The van der Waals surface area contributed by atoms with Crippen LogP contribution in [-0.4, -0.2) is 59.5 Å². The van der Waals surface area contributed by atoms with E-state index in [1.807, 2.05) is 6.08 Å². The Balaban J connectivity index is 1.43. The van der Waals surface area contributed by atoms with E-state index < -0.39 is 0 Å². The van der Waals surface area contributed by atoms with Gasteiger partial charge in [-0.1, -0.05) is 6.58 Å². The molecule has 0 N–H and O–H groups in total. The third-order valence-electron chi connectivity index (χ3n) is 7.19. The minimum Gasteiger partial charge on any atom is -0.370 e. The lowest BCUT2D eigenvalue weighted by Crippen LogP contribution is -2.61. The average Bonchev–Trinajstić information content (AvgIpc) is 2.65. The summed E-state index contributed by atoms with van der Waals surface area (Å²) < 4.78 is 5.73. The zero-order valence-electron chi connectivity index (χ0n) is 16.4. The van der Waals surface area contributed by atoms with Gasteiger partial charge in [0.1, 0.15) is 0 Å². The number of hydrogen-bond donors (Lipinski definition) is 0. The van der Waals surface area contributed by atoms with Crippen LogP contribution in [0.3, 0.4) is 0 Å². The van der Waals surface area contributed by atoms with E-state index >= 15 is 0 Å². The minimum absolute atomic E-state index is 0.0771. The molecule has 0 aromatic carbocycles. The van der Waals surface area contributed by atoms with Gasteiger partial charge in [0.05, 0.1) is 19.3 Å². The molecule has 27 heavy (non-hydrogen) atoms. The molecule has 4 saturated carbocycles. The van der Waals surface area contributed by atoms with Gasteiger partial charge in [0, 0.05) is 24.7 Å². The zero-order valence-corrected chi connectivity index (χ0v) is 16.4. The van der Waals surface area contributed by atoms with Crippen LogP contribution in [0.15, 0.2) is 24.8 Å². The largest absolute Gasteiger partial charge is 0.370 e. The highest BCUT2D eigenvalue weighted by Gasteiger charge is 2.54. The highest BCUT2D eigenvalue weighted by Crippen LogP contribution is 2.57. The van der Waals surface area contributed by atoms with Crippen LogP contribution in [0.1, 0.15) is 45.4 Å². The van der Waals surface area contributed by atoms with Gasteiger partial charge in [-0.3, -0.25) is 9.59 Å². The third-order valence-corrected chi connectivity index (χ3v) is 7.19. The summed E-state index contributed by atoms with van der Waals surface area (Å²) >= 11 is 0. The van der Waals surface area contributed by atoms with E-state index in [0.717, 1.165) is 24.3 Å². The summed E-state index contributed by atoms with van der Waals surface area (Å²) in [7, 11) is 0. The van der Waals surface area contributed by atoms with Crippen LogP contribution >= 0.6 is 0 Å². The lowest BCUT2D eigenvalue weighted by atomic mass is 9.52. The van der Waals surface area contributed by atoms with Crippen molar-refractivity contribution in [2.75, 3.05) is 26.2 Å². The van der Waals surface area contributed by atoms with Gasteiger partial charge in [-0.05, 0) is 75.4 Å². The van der Waals surface area contributed by atoms with E-state index in [1.165, 1.54) is 44.6 Å². The van der Waals surface area contributed by atoms with Crippen LogP contribution in [0.5, 0.6) is 0 Å². The van der Waals surface area contributed by atoms with Crippen LogP contribution in [-0.2, 0) is 14.3 Å². The molecule has 5 fully saturated rings. The molecule has 1 saturated heterocycles. The molecular weight excluding hydrogens is 340 g/mol. The Labute approximate surface area is 162 Å². The summed E-state index contributed by atoms with van der Waals surface area (Å²) in [5, 5.41) is 0. The molecule has 5 heteroatoms. The highest BCUT2D eigenvalue weighted by molar-refractivity contribution is 5.88. The molecule has 5 rings (SSSR count). The number of rotatable bonds is 5. The van der Waals surface area contributed by atoms with Crippen molar-refractivity contribution in [2.45, 2.75) is 57.1 Å². The second-order valence-corrected chi connectivity index (χ2v) is 8.98. The number of carbonyl (C=O) groups is 2. The molecule has 4 bridgehead atoms. The van der Waals surface area contributed by atoms with Gasteiger partial charge in [-0.25, -0.2) is 0 Å². The number of nitrogens with zero attached hydrogens (tertiary/aromatic N) is 2. The summed E-state index contributed by atoms with van der Waals surface area (Å²) in [6, 6.07) is 0. The third kappa shape index (κ3) is 3.58. The van der Waals surface area contributed by atoms with Crippen LogP contribution in [0.4, 0.5) is 0 Å².